The molecule has 0 spiro atoms. The van der Waals surface area contributed by atoms with Crippen LogP contribution in [0.3, 0.4) is 0 Å². The van der Waals surface area contributed by atoms with E-state index in [4.69, 9.17) is 9.72 Å². The molecule has 0 unspecified atom stereocenters. The van der Waals surface area contributed by atoms with Crippen LogP contribution in [0, 0.1) is 6.92 Å². The Morgan fingerprint density at radius 2 is 1.93 bits per heavy atom. The highest BCUT2D eigenvalue weighted by Crippen LogP contribution is 2.32. The van der Waals surface area contributed by atoms with Gasteiger partial charge in [0, 0.05) is 16.8 Å². The van der Waals surface area contributed by atoms with Crippen molar-refractivity contribution >= 4 is 49.1 Å². The summed E-state index contributed by atoms with van der Waals surface area (Å²) in [4.78, 5) is 17.3. The molecule has 0 aliphatic carbocycles. The highest BCUT2D eigenvalue weighted by Gasteiger charge is 2.12. The summed E-state index contributed by atoms with van der Waals surface area (Å²) in [6.07, 6.45) is 0. The number of carbonyl (C=O) groups excluding carboxylic acids is 1. The van der Waals surface area contributed by atoms with E-state index in [0.717, 1.165) is 36.5 Å². The predicted octanol–water partition coefficient (Wildman–Crippen LogP) is 6.30. The van der Waals surface area contributed by atoms with E-state index in [0.29, 0.717) is 11.3 Å². The average molecular weight is 453 g/mol. The van der Waals surface area contributed by atoms with Crippen molar-refractivity contribution in [2.45, 2.75) is 6.92 Å². The lowest BCUT2D eigenvalue weighted by atomic mass is 10.1. The number of halogens is 1. The number of thiazole rings is 1. The molecule has 140 valence electrons. The Hall–Kier alpha value is -2.70. The molecule has 6 heteroatoms. The smallest absolute Gasteiger partial charge is 0.255 e. The summed E-state index contributed by atoms with van der Waals surface area (Å²) < 4.78 is 7.12. The van der Waals surface area contributed by atoms with Crippen LogP contribution in [0.2, 0.25) is 0 Å². The van der Waals surface area contributed by atoms with Gasteiger partial charge in [0.25, 0.3) is 5.91 Å². The quantitative estimate of drug-likeness (QED) is 0.395. The molecule has 1 heterocycles. The summed E-state index contributed by atoms with van der Waals surface area (Å²) in [5.74, 6) is 0.520. The first-order valence-corrected chi connectivity index (χ1v) is 10.3. The molecule has 0 saturated heterocycles. The molecule has 0 aliphatic heterocycles. The number of rotatable bonds is 4. The van der Waals surface area contributed by atoms with Crippen molar-refractivity contribution in [1.29, 1.82) is 0 Å². The number of amides is 1. The van der Waals surface area contributed by atoms with Gasteiger partial charge in [-0.25, -0.2) is 4.98 Å². The van der Waals surface area contributed by atoms with E-state index in [2.05, 4.69) is 33.4 Å². The number of aryl methyl sites for hydroxylation is 1. The number of ether oxygens (including phenoxy) is 1. The number of hydrogen-bond acceptors (Lipinski definition) is 4. The first-order chi connectivity index (χ1) is 13.5. The Labute approximate surface area is 175 Å². The second-order valence-electron chi connectivity index (χ2n) is 6.32. The Balaban J connectivity index is 1.57. The average Bonchev–Trinajstić information content (AvgIpc) is 3.13. The fourth-order valence-electron chi connectivity index (χ4n) is 2.93. The predicted molar refractivity (Wildman–Crippen MR) is 118 cm³/mol. The van der Waals surface area contributed by atoms with Crippen molar-refractivity contribution in [3.63, 3.8) is 0 Å². The van der Waals surface area contributed by atoms with Gasteiger partial charge in [-0.3, -0.25) is 4.79 Å². The number of nitrogens with zero attached hydrogens (tertiary/aromatic N) is 1. The summed E-state index contributed by atoms with van der Waals surface area (Å²) in [6.45, 7) is 1.98. The van der Waals surface area contributed by atoms with Gasteiger partial charge >= 0.3 is 0 Å². The Morgan fingerprint density at radius 1 is 1.11 bits per heavy atom. The molecule has 1 N–H and O–H groups in total. The minimum absolute atomic E-state index is 0.167. The summed E-state index contributed by atoms with van der Waals surface area (Å²) in [7, 11) is 1.59. The molecule has 4 rings (SSSR count). The third-order valence-electron chi connectivity index (χ3n) is 4.43. The van der Waals surface area contributed by atoms with Crippen LogP contribution in [0.25, 0.3) is 20.8 Å². The fourth-order valence-corrected chi connectivity index (χ4v) is 4.44. The fraction of sp³-hybridized carbons (Fsp3) is 0.0909. The molecule has 3 aromatic carbocycles. The summed E-state index contributed by atoms with van der Waals surface area (Å²) in [5.41, 5.74) is 4.37. The van der Waals surface area contributed by atoms with E-state index in [9.17, 15) is 4.79 Å². The van der Waals surface area contributed by atoms with Crippen LogP contribution in [0.4, 0.5) is 5.69 Å². The van der Waals surface area contributed by atoms with E-state index >= 15 is 0 Å². The lowest BCUT2D eigenvalue weighted by molar-refractivity contribution is 0.102. The van der Waals surface area contributed by atoms with Gasteiger partial charge in [-0.2, -0.15) is 0 Å². The molecule has 4 nitrogen and oxygen atoms in total. The van der Waals surface area contributed by atoms with E-state index in [1.165, 1.54) is 0 Å². The minimum atomic E-state index is -0.167. The zero-order valence-electron chi connectivity index (χ0n) is 15.3. The summed E-state index contributed by atoms with van der Waals surface area (Å²) in [5, 5.41) is 3.95. The number of para-hydroxylation sites is 1. The van der Waals surface area contributed by atoms with E-state index in [-0.39, 0.29) is 5.91 Å². The van der Waals surface area contributed by atoms with Gasteiger partial charge in [0.1, 0.15) is 10.8 Å². The van der Waals surface area contributed by atoms with E-state index in [1.54, 1.807) is 36.6 Å². The third kappa shape index (κ3) is 3.66. The first-order valence-electron chi connectivity index (χ1n) is 8.66. The lowest BCUT2D eigenvalue weighted by Crippen LogP contribution is -2.12. The highest BCUT2D eigenvalue weighted by atomic mass is 79.9. The largest absolute Gasteiger partial charge is 0.496 e. The maximum atomic E-state index is 12.6. The van der Waals surface area contributed by atoms with Crippen LogP contribution in [-0.4, -0.2) is 18.0 Å². The van der Waals surface area contributed by atoms with Crippen LogP contribution < -0.4 is 10.1 Å². The number of benzene rings is 3. The monoisotopic (exact) mass is 452 g/mol. The number of methoxy groups -OCH3 is 1. The molecule has 4 aromatic rings. The van der Waals surface area contributed by atoms with Crippen LogP contribution in [0.1, 0.15) is 15.9 Å². The molecule has 0 aliphatic rings. The maximum absolute atomic E-state index is 12.6. The second-order valence-corrected chi connectivity index (χ2v) is 8.20. The molecular formula is C22H17BrN2O2S. The number of nitrogens with one attached hydrogen (secondary N) is 1. The van der Waals surface area contributed by atoms with Crippen LogP contribution in [0.15, 0.2) is 65.1 Å². The van der Waals surface area contributed by atoms with Crippen molar-refractivity contribution in [1.82, 2.24) is 4.98 Å². The zero-order chi connectivity index (χ0) is 19.7. The first kappa shape index (κ1) is 18.7. The van der Waals surface area contributed by atoms with E-state index < -0.39 is 0 Å². The number of anilines is 1. The molecule has 0 saturated carbocycles. The summed E-state index contributed by atoms with van der Waals surface area (Å²) >= 11 is 5.08. The van der Waals surface area contributed by atoms with Gasteiger partial charge in [0.2, 0.25) is 0 Å². The van der Waals surface area contributed by atoms with Gasteiger partial charge in [-0.1, -0.05) is 12.1 Å². The Morgan fingerprint density at radius 3 is 2.64 bits per heavy atom. The minimum Gasteiger partial charge on any atom is -0.496 e. The molecule has 1 aromatic heterocycles. The van der Waals surface area contributed by atoms with Gasteiger partial charge in [0.05, 0.1) is 21.8 Å². The van der Waals surface area contributed by atoms with Crippen LogP contribution >= 0.6 is 27.3 Å². The van der Waals surface area contributed by atoms with E-state index in [1.807, 2.05) is 37.3 Å². The molecule has 0 radical (unpaired) electrons. The standard InChI is InChI=1S/C22H17BrN2O2S/c1-13-11-15(22-25-18-5-3-4-6-20(18)28-22)7-9-17(13)24-21(26)14-8-10-19(27-2)16(23)12-14/h3-12H,1-2H3,(H,24,26). The Bertz CT molecular complexity index is 1150. The van der Waals surface area contributed by atoms with Gasteiger partial charge in [-0.05, 0) is 76.9 Å². The molecule has 0 atom stereocenters. The van der Waals surface area contributed by atoms with Crippen molar-refractivity contribution in [3.8, 4) is 16.3 Å². The topological polar surface area (TPSA) is 51.2 Å². The molecular weight excluding hydrogens is 436 g/mol. The normalized spacial score (nSPS) is 10.8. The second kappa shape index (κ2) is 7.73. The van der Waals surface area contributed by atoms with Gasteiger partial charge in [-0.15, -0.1) is 11.3 Å². The van der Waals surface area contributed by atoms with Crippen LogP contribution in [0.5, 0.6) is 5.75 Å². The number of fused-ring (bicyclic) bond motifs is 1. The lowest BCUT2D eigenvalue weighted by Gasteiger charge is -2.11. The molecule has 0 bridgehead atoms. The van der Waals surface area contributed by atoms with Crippen molar-refractivity contribution in [3.05, 3.63) is 76.3 Å². The molecule has 1 amide bonds. The van der Waals surface area contributed by atoms with Gasteiger partial charge < -0.3 is 10.1 Å². The summed E-state index contributed by atoms with van der Waals surface area (Å²) in [6, 6.07) is 19.3. The third-order valence-corrected chi connectivity index (χ3v) is 6.13. The Kier molecular flexibility index (Phi) is 5.15. The SMILES string of the molecule is COc1ccc(C(=O)Nc2ccc(-c3nc4ccccc4s3)cc2C)cc1Br. The number of carbonyl (C=O) groups is 1. The van der Waals surface area contributed by atoms with Gasteiger partial charge in [0.15, 0.2) is 0 Å². The number of hydrogen-bond donors (Lipinski definition) is 1. The van der Waals surface area contributed by atoms with Crippen molar-refractivity contribution in [2.75, 3.05) is 12.4 Å². The van der Waals surface area contributed by atoms with Crippen molar-refractivity contribution in [2.24, 2.45) is 0 Å². The molecule has 28 heavy (non-hydrogen) atoms. The molecule has 0 fully saturated rings. The van der Waals surface area contributed by atoms with Crippen LogP contribution in [-0.2, 0) is 0 Å². The zero-order valence-corrected chi connectivity index (χ0v) is 17.7. The highest BCUT2D eigenvalue weighted by molar-refractivity contribution is 9.10. The van der Waals surface area contributed by atoms with Crippen molar-refractivity contribution < 1.29 is 9.53 Å². The maximum Gasteiger partial charge on any atom is 0.255 e. The number of aromatic nitrogens is 1.